The van der Waals surface area contributed by atoms with Gasteiger partial charge in [0.25, 0.3) is 0 Å². The van der Waals surface area contributed by atoms with E-state index in [1.165, 1.54) is 18.6 Å². The predicted molar refractivity (Wildman–Crippen MR) is 64.8 cm³/mol. The van der Waals surface area contributed by atoms with Gasteiger partial charge in [0.2, 0.25) is 5.91 Å². The van der Waals surface area contributed by atoms with E-state index in [9.17, 15) is 9.18 Å². The van der Waals surface area contributed by atoms with Crippen LogP contribution >= 0.6 is 0 Å². The van der Waals surface area contributed by atoms with Gasteiger partial charge in [0.15, 0.2) is 0 Å². The minimum absolute atomic E-state index is 0.147. The Balaban J connectivity index is 1.81. The molecule has 0 unspecified atom stereocenters. The Morgan fingerprint density at radius 1 is 1.18 bits per heavy atom. The van der Waals surface area contributed by atoms with E-state index in [1.54, 1.807) is 12.1 Å². The fourth-order valence-electron chi connectivity index (χ4n) is 2.30. The molecule has 2 nitrogen and oxygen atoms in total. The van der Waals surface area contributed by atoms with Crippen LogP contribution in [0.2, 0.25) is 0 Å². The van der Waals surface area contributed by atoms with Gasteiger partial charge >= 0.3 is 0 Å². The van der Waals surface area contributed by atoms with Crippen molar-refractivity contribution >= 4 is 5.91 Å². The van der Waals surface area contributed by atoms with Crippen molar-refractivity contribution < 1.29 is 9.18 Å². The Morgan fingerprint density at radius 3 is 2.47 bits per heavy atom. The highest BCUT2D eigenvalue weighted by Gasteiger charge is 2.20. The average molecular weight is 235 g/mol. The lowest BCUT2D eigenvalue weighted by Crippen LogP contribution is -2.31. The zero-order valence-corrected chi connectivity index (χ0v) is 9.92. The molecule has 0 heterocycles. The van der Waals surface area contributed by atoms with E-state index in [4.69, 9.17) is 0 Å². The predicted octanol–water partition coefficient (Wildman–Crippen LogP) is 3.02. The largest absolute Gasteiger partial charge is 0.352 e. The number of nitrogens with one attached hydrogen (secondary N) is 1. The van der Waals surface area contributed by atoms with Crippen molar-refractivity contribution in [2.45, 2.75) is 38.6 Å². The summed E-state index contributed by atoms with van der Waals surface area (Å²) in [5.74, 6) is 0.0885. The second-order valence-electron chi connectivity index (χ2n) is 4.68. The number of rotatable bonds is 3. The fourth-order valence-corrected chi connectivity index (χ4v) is 2.30. The van der Waals surface area contributed by atoms with Gasteiger partial charge in [0.1, 0.15) is 5.82 Å². The molecule has 1 aromatic rings. The second kappa shape index (κ2) is 5.80. The third-order valence-electron chi connectivity index (χ3n) is 3.36. The van der Waals surface area contributed by atoms with Gasteiger partial charge in [0.05, 0.1) is 0 Å². The number of benzene rings is 1. The van der Waals surface area contributed by atoms with Crippen molar-refractivity contribution in [3.05, 3.63) is 35.6 Å². The maximum absolute atomic E-state index is 12.7. The van der Waals surface area contributed by atoms with Crippen LogP contribution in [0.5, 0.6) is 0 Å². The van der Waals surface area contributed by atoms with Crippen molar-refractivity contribution in [3.8, 4) is 0 Å². The maximum atomic E-state index is 12.7. The molecule has 1 amide bonds. The van der Waals surface area contributed by atoms with E-state index in [0.717, 1.165) is 31.2 Å². The van der Waals surface area contributed by atoms with Crippen molar-refractivity contribution in [2.24, 2.45) is 5.92 Å². The van der Waals surface area contributed by atoms with Gasteiger partial charge in [-0.3, -0.25) is 4.79 Å². The van der Waals surface area contributed by atoms with E-state index in [1.807, 2.05) is 0 Å². The summed E-state index contributed by atoms with van der Waals surface area (Å²) in [4.78, 5) is 11.9. The Hall–Kier alpha value is -1.38. The lowest BCUT2D eigenvalue weighted by atomic mass is 9.88. The lowest BCUT2D eigenvalue weighted by Gasteiger charge is -2.20. The van der Waals surface area contributed by atoms with E-state index >= 15 is 0 Å². The molecule has 1 saturated carbocycles. The minimum atomic E-state index is -0.243. The van der Waals surface area contributed by atoms with E-state index in [0.29, 0.717) is 6.54 Å². The van der Waals surface area contributed by atoms with Gasteiger partial charge in [-0.2, -0.15) is 0 Å². The van der Waals surface area contributed by atoms with Gasteiger partial charge in [-0.15, -0.1) is 0 Å². The first-order valence-corrected chi connectivity index (χ1v) is 6.28. The molecule has 1 fully saturated rings. The molecule has 0 aromatic heterocycles. The lowest BCUT2D eigenvalue weighted by molar-refractivity contribution is -0.126. The van der Waals surface area contributed by atoms with Crippen molar-refractivity contribution in [3.63, 3.8) is 0 Å². The molecular formula is C14H18FNO. The van der Waals surface area contributed by atoms with Gasteiger partial charge in [-0.25, -0.2) is 4.39 Å². The Labute approximate surface area is 101 Å². The Kier molecular flexibility index (Phi) is 4.13. The molecule has 0 aliphatic heterocycles. The van der Waals surface area contributed by atoms with Gasteiger partial charge in [-0.1, -0.05) is 31.4 Å². The molecule has 0 atom stereocenters. The molecule has 0 radical (unpaired) electrons. The van der Waals surface area contributed by atoms with Crippen molar-refractivity contribution in [1.29, 1.82) is 0 Å². The molecule has 0 saturated heterocycles. The molecule has 1 aliphatic rings. The summed E-state index contributed by atoms with van der Waals surface area (Å²) >= 11 is 0. The van der Waals surface area contributed by atoms with Crippen LogP contribution < -0.4 is 5.32 Å². The van der Waals surface area contributed by atoms with Crippen molar-refractivity contribution in [2.75, 3.05) is 0 Å². The Bertz CT molecular complexity index is 368. The summed E-state index contributed by atoms with van der Waals surface area (Å²) in [5.41, 5.74) is 0.940. The summed E-state index contributed by atoms with van der Waals surface area (Å²) in [6, 6.07) is 6.25. The quantitative estimate of drug-likeness (QED) is 0.857. The number of amides is 1. The van der Waals surface area contributed by atoms with Crippen LogP contribution in [0.15, 0.2) is 24.3 Å². The highest BCUT2D eigenvalue weighted by atomic mass is 19.1. The zero-order valence-electron chi connectivity index (χ0n) is 9.92. The normalized spacial score (nSPS) is 16.8. The monoisotopic (exact) mass is 235 g/mol. The smallest absolute Gasteiger partial charge is 0.223 e. The molecule has 1 aromatic carbocycles. The number of hydrogen-bond donors (Lipinski definition) is 1. The number of halogens is 1. The number of carbonyl (C=O) groups is 1. The molecule has 92 valence electrons. The molecule has 2 rings (SSSR count). The zero-order chi connectivity index (χ0) is 12.1. The molecule has 3 heteroatoms. The summed E-state index contributed by atoms with van der Waals surface area (Å²) in [6.45, 7) is 0.496. The highest BCUT2D eigenvalue weighted by Crippen LogP contribution is 2.23. The third kappa shape index (κ3) is 3.55. The molecule has 1 N–H and O–H groups in total. The van der Waals surface area contributed by atoms with E-state index in [2.05, 4.69) is 5.32 Å². The van der Waals surface area contributed by atoms with Crippen LogP contribution in [0, 0.1) is 11.7 Å². The summed E-state index contributed by atoms with van der Waals surface area (Å²) in [5, 5.41) is 2.93. The minimum Gasteiger partial charge on any atom is -0.352 e. The maximum Gasteiger partial charge on any atom is 0.223 e. The Morgan fingerprint density at radius 2 is 1.82 bits per heavy atom. The number of hydrogen-bond acceptors (Lipinski definition) is 1. The fraction of sp³-hybridized carbons (Fsp3) is 0.500. The van der Waals surface area contributed by atoms with E-state index in [-0.39, 0.29) is 17.6 Å². The highest BCUT2D eigenvalue weighted by molar-refractivity contribution is 5.78. The van der Waals surface area contributed by atoms with Crippen molar-refractivity contribution in [1.82, 2.24) is 5.32 Å². The summed E-state index contributed by atoms with van der Waals surface area (Å²) in [7, 11) is 0. The topological polar surface area (TPSA) is 29.1 Å². The van der Waals surface area contributed by atoms with Gasteiger partial charge < -0.3 is 5.32 Å². The van der Waals surface area contributed by atoms with Crippen LogP contribution in [0.3, 0.4) is 0 Å². The van der Waals surface area contributed by atoms with Crippen LogP contribution in [0.4, 0.5) is 4.39 Å². The van der Waals surface area contributed by atoms with Crippen LogP contribution in [-0.4, -0.2) is 5.91 Å². The second-order valence-corrected chi connectivity index (χ2v) is 4.68. The van der Waals surface area contributed by atoms with Gasteiger partial charge in [-0.05, 0) is 30.5 Å². The summed E-state index contributed by atoms with van der Waals surface area (Å²) in [6.07, 6.45) is 5.59. The first kappa shape index (κ1) is 12.1. The standard InChI is InChI=1S/C14H18FNO/c15-13-8-6-11(7-9-13)10-16-14(17)12-4-2-1-3-5-12/h6-9,12H,1-5,10H2,(H,16,17). The first-order valence-electron chi connectivity index (χ1n) is 6.28. The summed E-state index contributed by atoms with van der Waals surface area (Å²) < 4.78 is 12.7. The third-order valence-corrected chi connectivity index (χ3v) is 3.36. The molecule has 0 bridgehead atoms. The van der Waals surface area contributed by atoms with Gasteiger partial charge in [0, 0.05) is 12.5 Å². The van der Waals surface area contributed by atoms with Crippen LogP contribution in [-0.2, 0) is 11.3 Å². The van der Waals surface area contributed by atoms with Crippen LogP contribution in [0.1, 0.15) is 37.7 Å². The molecule has 17 heavy (non-hydrogen) atoms. The van der Waals surface area contributed by atoms with E-state index < -0.39 is 0 Å². The first-order chi connectivity index (χ1) is 8.25. The number of carbonyl (C=O) groups excluding carboxylic acids is 1. The van der Waals surface area contributed by atoms with Crippen LogP contribution in [0.25, 0.3) is 0 Å². The average Bonchev–Trinajstić information content (AvgIpc) is 2.39. The SMILES string of the molecule is O=C(NCc1ccc(F)cc1)C1CCCCC1. The molecular weight excluding hydrogens is 217 g/mol. The molecule has 1 aliphatic carbocycles. The molecule has 0 spiro atoms.